The van der Waals surface area contributed by atoms with Crippen molar-refractivity contribution in [1.29, 1.82) is 0 Å². The first-order valence-corrected chi connectivity index (χ1v) is 9.46. The van der Waals surface area contributed by atoms with Gasteiger partial charge in [0.1, 0.15) is 0 Å². The molecule has 0 amide bonds. The zero-order valence-electron chi connectivity index (χ0n) is 11.1. The van der Waals surface area contributed by atoms with Crippen LogP contribution in [0.5, 0.6) is 0 Å². The van der Waals surface area contributed by atoms with Crippen molar-refractivity contribution in [1.82, 2.24) is 0 Å². The standard InChI is InChI=1S/C14H14FNO2SSe/c1-10-3-8-13(16-19(2,17)18)14(9-10)20-12-6-4-11(15)5-7-12/h3-9,16H,1-2H3. The Balaban J connectivity index is 2.34. The summed E-state index contributed by atoms with van der Waals surface area (Å²) in [5.41, 5.74) is 1.64. The van der Waals surface area contributed by atoms with Crippen LogP contribution < -0.4 is 13.6 Å². The minimum absolute atomic E-state index is 0.0905. The first-order valence-electron chi connectivity index (χ1n) is 5.85. The van der Waals surface area contributed by atoms with Crippen molar-refractivity contribution in [3.05, 3.63) is 53.8 Å². The molecule has 0 fully saturated rings. The molecule has 0 spiro atoms. The monoisotopic (exact) mass is 359 g/mol. The number of anilines is 1. The van der Waals surface area contributed by atoms with E-state index in [1.807, 2.05) is 19.1 Å². The van der Waals surface area contributed by atoms with Crippen molar-refractivity contribution in [2.24, 2.45) is 0 Å². The number of nitrogens with one attached hydrogen (secondary N) is 1. The van der Waals surface area contributed by atoms with Gasteiger partial charge in [-0.3, -0.25) is 0 Å². The molecule has 0 unspecified atom stereocenters. The zero-order valence-corrected chi connectivity index (χ0v) is 13.6. The van der Waals surface area contributed by atoms with Crippen molar-refractivity contribution in [2.75, 3.05) is 11.0 Å². The summed E-state index contributed by atoms with van der Waals surface area (Å²) in [7, 11) is -3.31. The first-order chi connectivity index (χ1) is 9.33. The number of benzene rings is 2. The topological polar surface area (TPSA) is 46.2 Å². The Labute approximate surface area is 124 Å². The maximum atomic E-state index is 12.9. The van der Waals surface area contributed by atoms with E-state index in [1.54, 1.807) is 18.2 Å². The summed E-state index contributed by atoms with van der Waals surface area (Å²) in [6, 6.07) is 11.8. The summed E-state index contributed by atoms with van der Waals surface area (Å²) in [4.78, 5) is 0. The van der Waals surface area contributed by atoms with E-state index in [1.165, 1.54) is 12.1 Å². The predicted octanol–water partition coefficient (Wildman–Crippen LogP) is 1.16. The fourth-order valence-corrected chi connectivity index (χ4v) is 4.45. The van der Waals surface area contributed by atoms with Crippen LogP contribution in [0.2, 0.25) is 0 Å². The van der Waals surface area contributed by atoms with Crippen molar-refractivity contribution in [2.45, 2.75) is 6.92 Å². The number of hydrogen-bond acceptors (Lipinski definition) is 2. The van der Waals surface area contributed by atoms with Crippen LogP contribution in [-0.2, 0) is 10.0 Å². The maximum absolute atomic E-state index is 12.9. The molecular formula is C14H14FNO2SSe. The van der Waals surface area contributed by atoms with E-state index in [4.69, 9.17) is 0 Å². The van der Waals surface area contributed by atoms with E-state index in [0.29, 0.717) is 5.69 Å². The van der Waals surface area contributed by atoms with Gasteiger partial charge in [0, 0.05) is 0 Å². The van der Waals surface area contributed by atoms with Crippen LogP contribution in [0.25, 0.3) is 0 Å². The summed E-state index contributed by atoms with van der Waals surface area (Å²) in [6.45, 7) is 1.95. The SMILES string of the molecule is Cc1ccc(NS(C)(=O)=O)c([Se]c2ccc(F)cc2)c1. The predicted molar refractivity (Wildman–Crippen MR) is 81.1 cm³/mol. The van der Waals surface area contributed by atoms with Gasteiger partial charge in [0.25, 0.3) is 0 Å². The molecule has 106 valence electrons. The van der Waals surface area contributed by atoms with Gasteiger partial charge in [0.15, 0.2) is 0 Å². The third kappa shape index (κ3) is 4.34. The molecule has 20 heavy (non-hydrogen) atoms. The average molecular weight is 358 g/mol. The van der Waals surface area contributed by atoms with Gasteiger partial charge in [-0.2, -0.15) is 0 Å². The molecule has 0 atom stereocenters. The number of halogens is 1. The molecule has 0 saturated carbocycles. The van der Waals surface area contributed by atoms with E-state index >= 15 is 0 Å². The van der Waals surface area contributed by atoms with Gasteiger partial charge in [-0.05, 0) is 0 Å². The first kappa shape index (κ1) is 15.0. The molecule has 2 rings (SSSR count). The Kier molecular flexibility index (Phi) is 4.48. The zero-order chi connectivity index (χ0) is 14.8. The van der Waals surface area contributed by atoms with Crippen molar-refractivity contribution in [3.63, 3.8) is 0 Å². The van der Waals surface area contributed by atoms with Crippen LogP contribution in [0.4, 0.5) is 10.1 Å². The third-order valence-corrected chi connectivity index (χ3v) is 5.30. The Morgan fingerprint density at radius 2 is 1.75 bits per heavy atom. The molecule has 2 aromatic carbocycles. The molecule has 6 heteroatoms. The van der Waals surface area contributed by atoms with Crippen LogP contribution in [0.15, 0.2) is 42.5 Å². The third-order valence-electron chi connectivity index (χ3n) is 2.47. The van der Waals surface area contributed by atoms with E-state index in [-0.39, 0.29) is 20.8 Å². The van der Waals surface area contributed by atoms with E-state index in [0.717, 1.165) is 20.7 Å². The van der Waals surface area contributed by atoms with Crippen LogP contribution in [0.3, 0.4) is 0 Å². The molecule has 0 saturated heterocycles. The second-order valence-corrected chi connectivity index (χ2v) is 8.52. The van der Waals surface area contributed by atoms with E-state index in [9.17, 15) is 12.8 Å². The van der Waals surface area contributed by atoms with Crippen LogP contribution >= 0.6 is 0 Å². The van der Waals surface area contributed by atoms with Gasteiger partial charge < -0.3 is 0 Å². The number of rotatable bonds is 4. The van der Waals surface area contributed by atoms with Gasteiger partial charge in [0.2, 0.25) is 0 Å². The molecule has 3 nitrogen and oxygen atoms in total. The molecule has 0 aliphatic carbocycles. The quantitative estimate of drug-likeness (QED) is 0.834. The van der Waals surface area contributed by atoms with Crippen LogP contribution in [0.1, 0.15) is 5.56 Å². The molecule has 0 aliphatic heterocycles. The fourth-order valence-electron chi connectivity index (χ4n) is 1.63. The molecule has 0 radical (unpaired) electrons. The van der Waals surface area contributed by atoms with E-state index in [2.05, 4.69) is 4.72 Å². The van der Waals surface area contributed by atoms with E-state index < -0.39 is 10.0 Å². The number of sulfonamides is 1. The molecule has 0 aromatic heterocycles. The minimum atomic E-state index is -3.31. The molecule has 0 aliphatic rings. The van der Waals surface area contributed by atoms with Gasteiger partial charge in [0.05, 0.1) is 0 Å². The van der Waals surface area contributed by atoms with Crippen LogP contribution in [-0.4, -0.2) is 29.6 Å². The summed E-state index contributed by atoms with van der Waals surface area (Å²) >= 11 is -0.0905. The Hall–Kier alpha value is -1.36. The van der Waals surface area contributed by atoms with Gasteiger partial charge in [-0.25, -0.2) is 0 Å². The Morgan fingerprint density at radius 3 is 2.35 bits per heavy atom. The number of hydrogen-bond donors (Lipinski definition) is 1. The average Bonchev–Trinajstić information content (AvgIpc) is 2.34. The second kappa shape index (κ2) is 5.95. The second-order valence-electron chi connectivity index (χ2n) is 4.43. The molecular weight excluding hydrogens is 344 g/mol. The summed E-state index contributed by atoms with van der Waals surface area (Å²) < 4.78 is 40.1. The Morgan fingerprint density at radius 1 is 1.10 bits per heavy atom. The number of aryl methyl sites for hydroxylation is 1. The summed E-state index contributed by atoms with van der Waals surface area (Å²) in [5, 5.41) is 0. The molecule has 0 bridgehead atoms. The van der Waals surface area contributed by atoms with Crippen LogP contribution in [0, 0.1) is 12.7 Å². The fraction of sp³-hybridized carbons (Fsp3) is 0.143. The molecule has 0 heterocycles. The molecule has 2 aromatic rings. The van der Waals surface area contributed by atoms with Crippen molar-refractivity contribution >= 4 is 39.6 Å². The summed E-state index contributed by atoms with van der Waals surface area (Å²) in [5.74, 6) is -0.275. The molecule has 1 N–H and O–H groups in total. The van der Waals surface area contributed by atoms with Crippen molar-refractivity contribution < 1.29 is 12.8 Å². The Bertz CT molecular complexity index is 714. The van der Waals surface area contributed by atoms with Gasteiger partial charge in [-0.1, -0.05) is 0 Å². The normalized spacial score (nSPS) is 11.3. The van der Waals surface area contributed by atoms with Crippen molar-refractivity contribution in [3.8, 4) is 0 Å². The summed E-state index contributed by atoms with van der Waals surface area (Å²) in [6.07, 6.45) is 1.13. The van der Waals surface area contributed by atoms with Gasteiger partial charge >= 0.3 is 124 Å². The van der Waals surface area contributed by atoms with Gasteiger partial charge in [-0.15, -0.1) is 0 Å².